The van der Waals surface area contributed by atoms with Gasteiger partial charge in [-0.25, -0.2) is 4.79 Å². The molecule has 0 bridgehead atoms. The lowest BCUT2D eigenvalue weighted by atomic mass is 9.80. The van der Waals surface area contributed by atoms with Crippen LogP contribution in [0.15, 0.2) is 285 Å². The molecule has 4 aliphatic rings. The lowest BCUT2D eigenvalue weighted by molar-refractivity contribution is -0.137. The molecule has 11 aromatic rings. The number of alkyl carbamates (subject to hydrolysis) is 1. The molecule has 27 nitrogen and oxygen atoms in total. The highest BCUT2D eigenvalue weighted by Crippen LogP contribution is 2.49. The Kier molecular flexibility index (Phi) is 43.4. The van der Waals surface area contributed by atoms with Crippen LogP contribution >= 0.6 is 0 Å². The van der Waals surface area contributed by atoms with Gasteiger partial charge < -0.3 is 99.3 Å². The molecule has 15 rings (SSSR count). The predicted octanol–water partition coefficient (Wildman–Crippen LogP) is 18.2. The van der Waals surface area contributed by atoms with E-state index in [1.807, 2.05) is 249 Å². The number of carboxylic acids is 1. The molecule has 27 heteroatoms. The van der Waals surface area contributed by atoms with Crippen molar-refractivity contribution >= 4 is 41.4 Å². The molecule has 3 aliphatic heterocycles. The van der Waals surface area contributed by atoms with E-state index in [0.29, 0.717) is 83.8 Å². The van der Waals surface area contributed by atoms with Gasteiger partial charge in [-0.15, -0.1) is 0 Å². The first-order valence-corrected chi connectivity index (χ1v) is 51.1. The first kappa shape index (κ1) is 112. The van der Waals surface area contributed by atoms with Crippen molar-refractivity contribution in [1.82, 2.24) is 20.0 Å². The highest BCUT2D eigenvalue weighted by molar-refractivity contribution is 5.84. The maximum atomic E-state index is 13.7. The van der Waals surface area contributed by atoms with Crippen LogP contribution in [-0.2, 0) is 64.5 Å². The number of unbranched alkanes of at least 4 members (excludes halogenated alkanes) is 8. The number of hydrogen-bond donors (Lipinski definition) is 7. The van der Waals surface area contributed by atoms with E-state index in [1.54, 1.807) is 64.3 Å². The number of nitrogens with one attached hydrogen (secondary N) is 1. The van der Waals surface area contributed by atoms with E-state index in [9.17, 15) is 48.9 Å². The number of aliphatic hydroxyl groups is 3. The molecule has 1 aliphatic carbocycles. The third kappa shape index (κ3) is 29.9. The lowest BCUT2D eigenvalue weighted by Gasteiger charge is -2.38. The standard InChI is InChI=1S/C50H54N2O8.C35H44N2O6.C32H40N2O5.C3H6O2/c1-57-41-26-22-36(23-27-41)50(35-14-6-5-7-15-35,37-24-28-42(58-2)29-25-37)60-33-38-30-40(54)32-52(38)48(55)21-9-4-3-8-16-39(53)31-51-49(56)59-34-47-45-19-12-10-17-43(45)44-18-11-13-20-46(44)47;1-41-32-18-14-27(15-19-32)35(26-10-6-5-7-11-26,28-16-20-33(42-2)21-17-28)43-25-29-22-31(39)24-37(29)34(40)13-9-4-3-8-12-30(38)23-36;1-37-29-16-12-25(13-17-29)32(24-9-5-3-6-10-24,26-14-18-30(38-2)19-15-26)39-23-27-21-28(35)22-34(27)31(36)11-7-4-8-20-33;1-2-3(4)5/h5-7,10-15,17-20,22-29,38,40,47,54H,3-4,8-9,16,21,30-34H2,1-2H3,(H,51,56);5-7,10-11,14-21,29,31,39H,3-4,8-9,12-13,22-25,36H2,1-2H3;3,5-6,9-10,12-19,27-28,35H,4,7-8,11,20-23,33H2,1-2H3;2H2,1H3,(H,4,5)/t38-,40+;29-,31+;27-,28+;/m000./s1. The number of Topliss-reactive ketones (excluding diaryl/α,β-unsaturated/α-hetero) is 2. The number of carbonyl (C=O) groups excluding carboxylic acids is 6. The fraction of sp³-hybridized carbons (Fsp3) is 0.392. The minimum Gasteiger partial charge on any atom is -0.497 e. The number of methoxy groups -OCH3 is 6. The second kappa shape index (κ2) is 56.9. The number of carboxylic acid groups (broad SMARTS) is 1. The Bertz CT molecular complexity index is 5720. The molecule has 0 saturated carbocycles. The molecule has 3 heterocycles. The van der Waals surface area contributed by atoms with E-state index in [-0.39, 0.29) is 106 Å². The number of fused-ring (bicyclic) bond motifs is 3. The normalized spacial score (nSPS) is 16.2. The molecule has 0 unspecified atom stereocenters. The predicted molar refractivity (Wildman–Crippen MR) is 566 cm³/mol. The summed E-state index contributed by atoms with van der Waals surface area (Å²) < 4.78 is 59.3. The van der Waals surface area contributed by atoms with Crippen LogP contribution in [0, 0.1) is 0 Å². The van der Waals surface area contributed by atoms with E-state index in [1.165, 1.54) is 0 Å². The average molecular weight is 2010 g/mol. The third-order valence-electron chi connectivity index (χ3n) is 27.7. The Hall–Kier alpha value is -13.6. The summed E-state index contributed by atoms with van der Waals surface area (Å²) in [5, 5.41) is 42.3. The molecular formula is C120H144N6O21. The van der Waals surface area contributed by atoms with Crippen molar-refractivity contribution in [2.24, 2.45) is 11.5 Å². The zero-order valence-electron chi connectivity index (χ0n) is 85.6. The molecule has 0 radical (unpaired) electrons. The number of ketones is 2. The van der Waals surface area contributed by atoms with Crippen LogP contribution in [0.5, 0.6) is 34.5 Å². The van der Waals surface area contributed by atoms with Crippen LogP contribution in [0.3, 0.4) is 0 Å². The van der Waals surface area contributed by atoms with E-state index in [0.717, 1.165) is 165 Å². The van der Waals surface area contributed by atoms with Crippen molar-refractivity contribution in [3.63, 3.8) is 0 Å². The Balaban J connectivity index is 0.000000197. The zero-order valence-corrected chi connectivity index (χ0v) is 85.6. The number of benzene rings is 11. The van der Waals surface area contributed by atoms with Gasteiger partial charge in [-0.05, 0) is 209 Å². The van der Waals surface area contributed by atoms with Gasteiger partial charge in [0.2, 0.25) is 17.7 Å². The number of nitrogens with two attached hydrogens (primary N) is 2. The Labute approximate surface area is 864 Å². The first-order chi connectivity index (χ1) is 71.5. The van der Waals surface area contributed by atoms with Crippen molar-refractivity contribution in [3.8, 4) is 45.6 Å². The summed E-state index contributed by atoms with van der Waals surface area (Å²) >= 11 is 0. The number of likely N-dealkylation sites (tertiary alicyclic amines) is 3. The van der Waals surface area contributed by atoms with Gasteiger partial charge in [-0.1, -0.05) is 251 Å². The highest BCUT2D eigenvalue weighted by Gasteiger charge is 2.46. The van der Waals surface area contributed by atoms with Crippen molar-refractivity contribution in [1.29, 1.82) is 0 Å². The summed E-state index contributed by atoms with van der Waals surface area (Å²) in [6, 6.07) is 92.7. The number of β-amino-alcohol motifs (C(OH)–C–C–N with tert-alkyl or cyclic N) is 3. The Morgan fingerprint density at radius 3 is 0.844 bits per heavy atom. The number of hydrogen-bond acceptors (Lipinski definition) is 22. The number of aliphatic hydroxyl groups excluding tert-OH is 3. The van der Waals surface area contributed by atoms with Crippen LogP contribution in [0.25, 0.3) is 11.1 Å². The van der Waals surface area contributed by atoms with Crippen LogP contribution in [0.1, 0.15) is 202 Å². The van der Waals surface area contributed by atoms with Crippen molar-refractivity contribution < 1.29 is 101 Å². The fourth-order valence-electron chi connectivity index (χ4n) is 19.9. The largest absolute Gasteiger partial charge is 0.497 e. The first-order valence-electron chi connectivity index (χ1n) is 51.1. The van der Waals surface area contributed by atoms with Crippen LogP contribution in [0.2, 0.25) is 0 Å². The minimum absolute atomic E-state index is 0.0161. The molecule has 0 aromatic heterocycles. The second-order valence-electron chi connectivity index (χ2n) is 37.3. The lowest BCUT2D eigenvalue weighted by Crippen LogP contribution is -2.42. The van der Waals surface area contributed by atoms with Gasteiger partial charge in [0.25, 0.3) is 0 Å². The van der Waals surface area contributed by atoms with Crippen LogP contribution < -0.4 is 45.2 Å². The minimum atomic E-state index is -1.04. The average Bonchev–Trinajstić information content (AvgIpc) is 1.75. The topological polar surface area (TPSA) is 367 Å². The summed E-state index contributed by atoms with van der Waals surface area (Å²) in [7, 11) is 9.83. The van der Waals surface area contributed by atoms with Crippen LogP contribution in [-0.4, -0.2) is 221 Å². The number of aliphatic carboxylic acids is 1. The van der Waals surface area contributed by atoms with Gasteiger partial charge in [-0.2, -0.15) is 0 Å². The number of amides is 4. The molecule has 147 heavy (non-hydrogen) atoms. The van der Waals surface area contributed by atoms with Crippen molar-refractivity contribution in [2.75, 3.05) is 108 Å². The maximum Gasteiger partial charge on any atom is 0.407 e. The van der Waals surface area contributed by atoms with Crippen LogP contribution in [0.4, 0.5) is 4.79 Å². The number of nitrogens with zero attached hydrogens (tertiary/aromatic N) is 3. The number of ether oxygens (including phenoxy) is 10. The summed E-state index contributed by atoms with van der Waals surface area (Å²) in [5.41, 5.74) is 20.8. The molecular weight excluding hydrogens is 1860 g/mol. The van der Waals surface area contributed by atoms with E-state index in [2.05, 4.69) is 41.7 Å². The fourth-order valence-corrected chi connectivity index (χ4v) is 19.9. The molecule has 3 fully saturated rings. The number of carbonyl (C=O) groups is 7. The molecule has 0 spiro atoms. The van der Waals surface area contributed by atoms with Gasteiger partial charge in [0, 0.05) is 64.1 Å². The zero-order chi connectivity index (χ0) is 105. The van der Waals surface area contributed by atoms with Crippen molar-refractivity contribution in [2.45, 2.75) is 194 Å². The molecule has 4 amide bonds. The van der Waals surface area contributed by atoms with E-state index < -0.39 is 47.2 Å². The Morgan fingerprint density at radius 2 is 0.578 bits per heavy atom. The molecule has 9 N–H and O–H groups in total. The van der Waals surface area contributed by atoms with E-state index >= 15 is 0 Å². The smallest absolute Gasteiger partial charge is 0.407 e. The second-order valence-corrected chi connectivity index (χ2v) is 37.3. The molecule has 780 valence electrons. The molecule has 6 atom stereocenters. The third-order valence-corrected chi connectivity index (χ3v) is 27.7. The van der Waals surface area contributed by atoms with Gasteiger partial charge in [0.05, 0.1) is 112 Å². The monoisotopic (exact) mass is 2010 g/mol. The van der Waals surface area contributed by atoms with Gasteiger partial charge in [0.15, 0.2) is 5.78 Å². The summed E-state index contributed by atoms with van der Waals surface area (Å²) in [5.74, 6) is 3.68. The van der Waals surface area contributed by atoms with Gasteiger partial charge in [-0.3, -0.25) is 28.8 Å². The molecule has 3 saturated heterocycles. The highest BCUT2D eigenvalue weighted by atomic mass is 16.6. The van der Waals surface area contributed by atoms with E-state index in [4.69, 9.17) is 63.9 Å². The quantitative estimate of drug-likeness (QED) is 0.0138. The molecule has 11 aromatic carbocycles. The number of rotatable bonds is 49. The Morgan fingerprint density at radius 1 is 0.327 bits per heavy atom. The van der Waals surface area contributed by atoms with Gasteiger partial charge in [0.1, 0.15) is 63.7 Å². The summed E-state index contributed by atoms with van der Waals surface area (Å²) in [4.78, 5) is 91.4. The van der Waals surface area contributed by atoms with Gasteiger partial charge >= 0.3 is 12.1 Å². The van der Waals surface area contributed by atoms with Crippen molar-refractivity contribution in [3.05, 3.63) is 346 Å². The SMILES string of the molecule is CCC(=O)O.COc1ccc(C(OC[C@@H]2C[C@@H](O)CN2C(=O)CCCCCCC(=O)CN)(c2ccccc2)c2ccc(OC)cc2)cc1.COc1ccc(C(OC[C@@H]2C[C@@H](O)CN2C(=O)CCCCCCC(=O)CNC(=O)OCC2c3ccccc3-c3ccccc32)(c2ccccc2)c2ccc(OC)cc2)cc1.COc1ccc(C(OC[C@@H]2C[C@@H](O)CN2C(=O)CCCCCN)(c2ccccc2)c2ccc(OC)cc2)cc1. The summed E-state index contributed by atoms with van der Waals surface area (Å²) in [6.45, 7) is 3.99. The maximum absolute atomic E-state index is 13.7. The summed E-state index contributed by atoms with van der Waals surface area (Å²) in [6.07, 6.45) is 9.94.